The number of carbonyl (C=O) groups excluding carboxylic acids is 5. The first-order valence-corrected chi connectivity index (χ1v) is 16.4. The first-order chi connectivity index (χ1) is 23.8. The smallest absolute Gasteiger partial charge is 0.446 e. The standard InChI is InChI=1S/C13H17NO5.C13H23NO4.C4H11NO2.CH2O.H3NS/c15-11-8-9-12(16)14(11)19-13(17)18-10-6-4-2-1-3-5-7-10;15-9-11-17-10-8-14-13(16)18-12-6-4-2-1-3-5-7-12;5-1-3-7-4-2-6;2*1-2/h1-2,10H,3-9H2;1-2,12,15H,3-11H2,(H,14,16);6H,1-5H2;1H2;2H,1H2/b2*2-1+;;;/i/hT. The van der Waals surface area contributed by atoms with E-state index in [1.54, 1.807) is 5.13 Å². The zero-order chi connectivity index (χ0) is 37.0. The molecule has 1 aliphatic heterocycles. The second-order valence-electron chi connectivity index (χ2n) is 10.0. The molecule has 3 aliphatic rings. The van der Waals surface area contributed by atoms with E-state index in [1.807, 2.05) is 6.79 Å². The van der Waals surface area contributed by atoms with Gasteiger partial charge < -0.3 is 45.0 Å². The first kappa shape index (κ1) is 44.9. The zero-order valence-corrected chi connectivity index (χ0v) is 28.7. The molecule has 16 nitrogen and oxygen atoms in total. The van der Waals surface area contributed by atoms with Crippen molar-refractivity contribution in [3.8, 4) is 0 Å². The number of rotatable bonds is 12. The van der Waals surface area contributed by atoms with Gasteiger partial charge in [0.1, 0.15) is 20.4 Å². The molecule has 7 N–H and O–H groups in total. The molecule has 1 saturated heterocycles. The second-order valence-corrected chi connectivity index (χ2v) is 10.0. The summed E-state index contributed by atoms with van der Waals surface area (Å²) in [5, 5.41) is 21.5. The zero-order valence-electron chi connectivity index (χ0n) is 28.8. The van der Waals surface area contributed by atoms with Crippen molar-refractivity contribution in [2.24, 2.45) is 10.9 Å². The van der Waals surface area contributed by atoms with Crippen molar-refractivity contribution in [2.45, 2.75) is 89.3 Å². The van der Waals surface area contributed by atoms with Gasteiger partial charge in [-0.1, -0.05) is 29.4 Å². The van der Waals surface area contributed by atoms with Crippen molar-refractivity contribution in [1.82, 2.24) is 10.4 Å². The summed E-state index contributed by atoms with van der Waals surface area (Å²) in [5.74, 6) is -0.995. The molecule has 2 unspecified atom stereocenters. The fourth-order valence-electron chi connectivity index (χ4n) is 4.21. The summed E-state index contributed by atoms with van der Waals surface area (Å²) in [7, 11) is 0. The average Bonchev–Trinajstić information content (AvgIpc) is 3.38. The van der Waals surface area contributed by atoms with Crippen LogP contribution in [0.25, 0.3) is 0 Å². The molecule has 278 valence electrons. The van der Waals surface area contributed by atoms with Gasteiger partial charge in [0.25, 0.3) is 11.8 Å². The number of hydrogen-bond donors (Lipinski definition) is 6. The molecule has 0 aromatic rings. The molecule has 3 rings (SSSR count). The number of hydrogen-bond acceptors (Lipinski definition) is 15. The van der Waals surface area contributed by atoms with Crippen LogP contribution in [-0.4, -0.2) is 111 Å². The Morgan fingerprint density at radius 2 is 1.33 bits per heavy atom. The van der Waals surface area contributed by atoms with E-state index in [1.165, 1.54) is 0 Å². The van der Waals surface area contributed by atoms with Crippen LogP contribution in [0.1, 0.15) is 77.0 Å². The Labute approximate surface area is 290 Å². The predicted molar refractivity (Wildman–Crippen MR) is 180 cm³/mol. The Bertz CT molecular complexity index is 900. The number of nitrogens with two attached hydrogens (primary N) is 2. The average molecular weight is 711 g/mol. The van der Waals surface area contributed by atoms with Crippen LogP contribution in [0, 0.1) is 0 Å². The van der Waals surface area contributed by atoms with Crippen LogP contribution in [0.3, 0.4) is 0 Å². The molecule has 3 amide bonds. The molecular weight excluding hydrogens is 652 g/mol. The first-order valence-electron chi connectivity index (χ1n) is 16.5. The van der Waals surface area contributed by atoms with Crippen LogP contribution in [-0.2, 0) is 38.2 Å². The number of hydroxylamine groups is 2. The maximum Gasteiger partial charge on any atom is 0.534 e. The predicted octanol–water partition coefficient (Wildman–Crippen LogP) is 2.26. The van der Waals surface area contributed by atoms with Gasteiger partial charge in [-0.25, -0.2) is 9.59 Å². The van der Waals surface area contributed by atoms with E-state index in [4.69, 9.17) is 41.1 Å². The van der Waals surface area contributed by atoms with Crippen molar-refractivity contribution in [3.05, 3.63) is 24.3 Å². The molecule has 0 bridgehead atoms. The van der Waals surface area contributed by atoms with Gasteiger partial charge in [0.15, 0.2) is 0 Å². The van der Waals surface area contributed by atoms with E-state index in [-0.39, 0.29) is 44.4 Å². The normalized spacial score (nSPS) is 20.2. The monoisotopic (exact) mass is 710 g/mol. The van der Waals surface area contributed by atoms with Gasteiger partial charge in [0, 0.05) is 25.9 Å². The number of ether oxygens (including phenoxy) is 4. The minimum Gasteiger partial charge on any atom is -0.446 e. The number of aliphatic hydroxyl groups excluding tert-OH is 2. The van der Waals surface area contributed by atoms with Crippen molar-refractivity contribution in [3.63, 3.8) is 0 Å². The third-order valence-corrected chi connectivity index (χ3v) is 6.40. The Morgan fingerprint density at radius 1 is 0.854 bits per heavy atom. The van der Waals surface area contributed by atoms with Gasteiger partial charge in [0.2, 0.25) is 0 Å². The Kier molecular flexibility index (Phi) is 33.0. The van der Waals surface area contributed by atoms with Gasteiger partial charge in [0.05, 0.1) is 39.6 Å². The maximum atomic E-state index is 11.5. The lowest BCUT2D eigenvalue weighted by Gasteiger charge is -2.19. The number of thiol groups is 1. The molecule has 48 heavy (non-hydrogen) atoms. The highest BCUT2D eigenvalue weighted by molar-refractivity contribution is 7.77. The summed E-state index contributed by atoms with van der Waals surface area (Å²) >= 11 is 3.21. The van der Waals surface area contributed by atoms with E-state index in [0.29, 0.717) is 44.6 Å². The number of aliphatic hydroxyl groups is 2. The number of nitrogens with one attached hydrogen (secondary N) is 1. The molecule has 1 heterocycles. The highest BCUT2D eigenvalue weighted by Crippen LogP contribution is 2.18. The summed E-state index contributed by atoms with van der Waals surface area (Å²) in [6, 6.07) is 0. The number of amides is 3. The molecule has 0 saturated carbocycles. The van der Waals surface area contributed by atoms with Crippen LogP contribution >= 0.6 is 12.8 Å². The summed E-state index contributed by atoms with van der Waals surface area (Å²) in [4.78, 5) is 58.3. The lowest BCUT2D eigenvalue weighted by atomic mass is 10.0. The number of allylic oxidation sites excluding steroid dienone is 4. The lowest BCUT2D eigenvalue weighted by molar-refractivity contribution is -0.178. The highest BCUT2D eigenvalue weighted by Gasteiger charge is 2.34. The van der Waals surface area contributed by atoms with Gasteiger partial charge in [-0.3, -0.25) is 19.6 Å². The van der Waals surface area contributed by atoms with Crippen molar-refractivity contribution in [2.75, 3.05) is 52.7 Å². The number of imide groups is 1. The fraction of sp³-hybridized carbons (Fsp3) is 0.710. The quantitative estimate of drug-likeness (QED) is 0.0560. The SMILES string of the molecule is C=O.NCCOCCO.O=C(NCCOCCO)OC1CC/C=C/CCC1.O=C(OC1CC/C=C/CCC1)ON1C(=O)CCC1=O.[3H]NS. The van der Waals surface area contributed by atoms with Crippen molar-refractivity contribution < 1.29 is 59.4 Å². The summed E-state index contributed by atoms with van der Waals surface area (Å²) < 4.78 is 26.1. The van der Waals surface area contributed by atoms with Crippen molar-refractivity contribution >= 4 is 43.7 Å². The van der Waals surface area contributed by atoms with Gasteiger partial charge in [-0.15, -0.1) is 12.8 Å². The Hall–Kier alpha value is -3.06. The molecule has 0 radical (unpaired) electrons. The van der Waals surface area contributed by atoms with Gasteiger partial charge in [-0.05, 0) is 64.2 Å². The maximum absolute atomic E-state index is 11.5. The van der Waals surface area contributed by atoms with Crippen LogP contribution in [0.5, 0.6) is 0 Å². The fourth-order valence-corrected chi connectivity index (χ4v) is 4.21. The molecule has 0 aromatic heterocycles. The Balaban J connectivity index is 0. The third kappa shape index (κ3) is 26.9. The second kappa shape index (κ2) is 35.3. The van der Waals surface area contributed by atoms with Crippen LogP contribution in [0.2, 0.25) is 1.41 Å². The minimum absolute atomic E-state index is 0.0000380. The largest absolute Gasteiger partial charge is 0.534 e. The summed E-state index contributed by atoms with van der Waals surface area (Å²) in [5.41, 5.74) is 5.06. The molecule has 1 fully saturated rings. The van der Waals surface area contributed by atoms with Crippen LogP contribution in [0.4, 0.5) is 9.59 Å². The molecular formula is C31H56N4O12S. The molecule has 17 heteroatoms. The van der Waals surface area contributed by atoms with E-state index in [9.17, 15) is 19.2 Å². The lowest BCUT2D eigenvalue weighted by Crippen LogP contribution is -2.33. The summed E-state index contributed by atoms with van der Waals surface area (Å²) in [6.07, 6.45) is 16.3. The molecule has 0 spiro atoms. The number of carbonyl (C=O) groups is 5. The molecule has 2 aliphatic carbocycles. The van der Waals surface area contributed by atoms with Gasteiger partial charge in [-0.2, -0.15) is 0 Å². The van der Waals surface area contributed by atoms with Gasteiger partial charge >= 0.3 is 12.2 Å². The topological polar surface area (TPSA) is 239 Å². The van der Waals surface area contributed by atoms with Crippen molar-refractivity contribution in [1.29, 1.82) is 0 Å². The Morgan fingerprint density at radius 3 is 1.83 bits per heavy atom. The highest BCUT2D eigenvalue weighted by atomic mass is 32.1. The van der Waals surface area contributed by atoms with Crippen LogP contribution in [0.15, 0.2) is 24.3 Å². The van der Waals surface area contributed by atoms with E-state index < -0.39 is 18.0 Å². The number of nitrogens with zero attached hydrogens (tertiary/aromatic N) is 1. The van der Waals surface area contributed by atoms with E-state index in [2.05, 4.69) is 47.3 Å². The molecule has 2 atom stereocenters. The third-order valence-electron chi connectivity index (χ3n) is 6.40. The van der Waals surface area contributed by atoms with E-state index in [0.717, 1.165) is 64.2 Å². The molecule has 0 aromatic carbocycles. The summed E-state index contributed by atoms with van der Waals surface area (Å²) in [6.45, 7) is 4.65. The van der Waals surface area contributed by atoms with E-state index >= 15 is 0 Å². The van der Waals surface area contributed by atoms with Crippen LogP contribution < -0.4 is 16.2 Å². The minimum atomic E-state index is -0.974. The number of alkyl carbamates (subject to hydrolysis) is 1.